The Morgan fingerprint density at radius 1 is 0.828 bits per heavy atom. The van der Waals surface area contributed by atoms with Gasteiger partial charge in [0, 0.05) is 0 Å². The Kier molecular flexibility index (Phi) is 6.39. The van der Waals surface area contributed by atoms with E-state index in [1.165, 1.54) is 13.8 Å². The first-order chi connectivity index (χ1) is 14.0. The lowest BCUT2D eigenvalue weighted by Gasteiger charge is -2.26. The molecule has 0 bridgehead atoms. The van der Waals surface area contributed by atoms with Crippen LogP contribution in [0.1, 0.15) is 31.0 Å². The molecule has 5 nitrogen and oxygen atoms in total. The number of carbonyl (C=O) groups excluding carboxylic acids is 3. The van der Waals surface area contributed by atoms with E-state index in [0.29, 0.717) is 5.56 Å². The van der Waals surface area contributed by atoms with Crippen LogP contribution in [0.2, 0.25) is 0 Å². The van der Waals surface area contributed by atoms with Crippen molar-refractivity contribution in [2.75, 3.05) is 0 Å². The van der Waals surface area contributed by atoms with E-state index in [9.17, 15) is 14.4 Å². The Morgan fingerprint density at radius 3 is 2.14 bits per heavy atom. The molecule has 0 aliphatic rings. The van der Waals surface area contributed by atoms with E-state index in [-0.39, 0.29) is 18.2 Å². The zero-order valence-corrected chi connectivity index (χ0v) is 16.4. The number of hydrogen-bond acceptors (Lipinski definition) is 4. The number of ketones is 2. The molecule has 3 aromatic carbocycles. The normalized spacial score (nSPS) is 11.8. The molecule has 0 spiro atoms. The first-order valence-corrected chi connectivity index (χ1v) is 9.43. The lowest BCUT2D eigenvalue weighted by atomic mass is 9.85. The van der Waals surface area contributed by atoms with Crippen LogP contribution in [-0.4, -0.2) is 17.7 Å². The predicted molar refractivity (Wildman–Crippen MR) is 111 cm³/mol. The fourth-order valence-corrected chi connectivity index (χ4v) is 3.51. The first kappa shape index (κ1) is 20.3. The number of nitrogens with one attached hydrogen (secondary N) is 1. The third-order valence-corrected chi connectivity index (χ3v) is 4.85. The van der Waals surface area contributed by atoms with Gasteiger partial charge in [0.15, 0.2) is 0 Å². The van der Waals surface area contributed by atoms with Gasteiger partial charge in [-0.15, -0.1) is 0 Å². The number of fused-ring (bicyclic) bond motifs is 1. The summed E-state index contributed by atoms with van der Waals surface area (Å²) in [6.45, 7) is 2.82. The van der Waals surface area contributed by atoms with Crippen LogP contribution in [0.4, 0.5) is 4.79 Å². The van der Waals surface area contributed by atoms with Gasteiger partial charge in [-0.05, 0) is 35.7 Å². The molecule has 0 aliphatic carbocycles. The van der Waals surface area contributed by atoms with Crippen LogP contribution in [-0.2, 0) is 20.9 Å². The van der Waals surface area contributed by atoms with E-state index in [1.54, 1.807) is 0 Å². The van der Waals surface area contributed by atoms with Gasteiger partial charge < -0.3 is 10.1 Å². The molecule has 1 atom stereocenters. The van der Waals surface area contributed by atoms with Gasteiger partial charge in [0.1, 0.15) is 24.1 Å². The highest BCUT2D eigenvalue weighted by atomic mass is 16.5. The minimum Gasteiger partial charge on any atom is -0.445 e. The zero-order chi connectivity index (χ0) is 20.8. The third-order valence-electron chi connectivity index (χ3n) is 4.85. The highest BCUT2D eigenvalue weighted by molar-refractivity contribution is 6.02. The van der Waals surface area contributed by atoms with Crippen LogP contribution in [0.5, 0.6) is 0 Å². The van der Waals surface area contributed by atoms with Crippen LogP contribution in [0.25, 0.3) is 10.8 Å². The minimum absolute atomic E-state index is 0.0970. The summed E-state index contributed by atoms with van der Waals surface area (Å²) >= 11 is 0. The number of benzene rings is 3. The van der Waals surface area contributed by atoms with Gasteiger partial charge in [-0.3, -0.25) is 9.59 Å². The summed E-state index contributed by atoms with van der Waals surface area (Å²) in [5.41, 5.74) is 1.55. The molecule has 0 aliphatic heterocycles. The third kappa shape index (κ3) is 4.88. The van der Waals surface area contributed by atoms with Gasteiger partial charge in [0.25, 0.3) is 0 Å². The largest absolute Gasteiger partial charge is 0.445 e. The Hall–Kier alpha value is -3.47. The van der Waals surface area contributed by atoms with Gasteiger partial charge in [0.05, 0.1) is 6.04 Å². The van der Waals surface area contributed by atoms with Crippen LogP contribution in [0.15, 0.2) is 72.8 Å². The molecule has 1 amide bonds. The summed E-state index contributed by atoms with van der Waals surface area (Å²) in [6, 6.07) is 21.7. The second kappa shape index (κ2) is 9.15. The summed E-state index contributed by atoms with van der Waals surface area (Å²) in [5, 5.41) is 4.59. The Morgan fingerprint density at radius 2 is 1.45 bits per heavy atom. The van der Waals surface area contributed by atoms with Crippen molar-refractivity contribution in [3.63, 3.8) is 0 Å². The molecule has 1 unspecified atom stereocenters. The maximum absolute atomic E-state index is 12.5. The van der Waals surface area contributed by atoms with E-state index in [0.717, 1.165) is 16.3 Å². The SMILES string of the molecule is CC(=O)C(C(C)=O)C(NC(=O)OCc1ccccc1)c1cccc2ccccc12. The number of alkyl carbamates (subject to hydrolysis) is 1. The molecule has 148 valence electrons. The van der Waals surface area contributed by atoms with Crippen molar-refractivity contribution in [2.45, 2.75) is 26.5 Å². The summed E-state index contributed by atoms with van der Waals surface area (Å²) < 4.78 is 5.33. The Labute approximate surface area is 169 Å². The van der Waals surface area contributed by atoms with Gasteiger partial charge in [0.2, 0.25) is 0 Å². The number of amides is 1. The van der Waals surface area contributed by atoms with Crippen LogP contribution < -0.4 is 5.32 Å². The summed E-state index contributed by atoms with van der Waals surface area (Å²) in [6.07, 6.45) is -0.681. The van der Waals surface area contributed by atoms with Crippen LogP contribution in [0, 0.1) is 5.92 Å². The first-order valence-electron chi connectivity index (χ1n) is 9.43. The van der Waals surface area contributed by atoms with E-state index >= 15 is 0 Å². The molecule has 0 fully saturated rings. The van der Waals surface area contributed by atoms with Crippen molar-refractivity contribution >= 4 is 28.4 Å². The average molecular weight is 389 g/mol. The maximum Gasteiger partial charge on any atom is 0.407 e. The van der Waals surface area contributed by atoms with Gasteiger partial charge in [-0.1, -0.05) is 72.8 Å². The van der Waals surface area contributed by atoms with Crippen molar-refractivity contribution in [3.05, 3.63) is 83.9 Å². The molecule has 29 heavy (non-hydrogen) atoms. The molecule has 0 aromatic heterocycles. The molecular formula is C24H23NO4. The lowest BCUT2D eigenvalue weighted by Crippen LogP contribution is -2.39. The van der Waals surface area contributed by atoms with E-state index < -0.39 is 18.1 Å². The molecule has 1 N–H and O–H groups in total. The maximum atomic E-state index is 12.5. The molecule has 0 heterocycles. The van der Waals surface area contributed by atoms with E-state index in [1.807, 2.05) is 72.8 Å². The quantitative estimate of drug-likeness (QED) is 0.600. The Bertz CT molecular complexity index is 1010. The van der Waals surface area contributed by atoms with Crippen LogP contribution in [0.3, 0.4) is 0 Å². The summed E-state index contributed by atoms with van der Waals surface area (Å²) in [4.78, 5) is 37.1. The highest BCUT2D eigenvalue weighted by Crippen LogP contribution is 2.30. The van der Waals surface area contributed by atoms with E-state index in [2.05, 4.69) is 5.32 Å². The number of ether oxygens (including phenoxy) is 1. The fraction of sp³-hybridized carbons (Fsp3) is 0.208. The molecule has 0 saturated carbocycles. The predicted octanol–water partition coefficient (Wildman–Crippen LogP) is 4.60. The standard InChI is InChI=1S/C24H23NO4/c1-16(26)22(17(2)27)23(21-14-8-12-19-11-6-7-13-20(19)21)25-24(28)29-15-18-9-4-3-5-10-18/h3-14,22-23H,15H2,1-2H3,(H,25,28). The topological polar surface area (TPSA) is 72.5 Å². The fourth-order valence-electron chi connectivity index (χ4n) is 3.51. The molecule has 3 aromatic rings. The monoisotopic (exact) mass is 389 g/mol. The number of carbonyl (C=O) groups is 3. The van der Waals surface area contributed by atoms with E-state index in [4.69, 9.17) is 4.74 Å². The van der Waals surface area contributed by atoms with Crippen molar-refractivity contribution in [3.8, 4) is 0 Å². The number of hydrogen-bond donors (Lipinski definition) is 1. The molecular weight excluding hydrogens is 366 g/mol. The van der Waals surface area contributed by atoms with Crippen LogP contribution >= 0.6 is 0 Å². The van der Waals surface area contributed by atoms with Crippen molar-refractivity contribution in [1.82, 2.24) is 5.32 Å². The zero-order valence-electron chi connectivity index (χ0n) is 16.4. The molecule has 3 rings (SSSR count). The summed E-state index contributed by atoms with van der Waals surface area (Å²) in [5.74, 6) is -1.61. The number of Topliss-reactive ketones (excluding diaryl/α,β-unsaturated/α-hetero) is 2. The molecule has 0 saturated heterocycles. The second-order valence-electron chi connectivity index (χ2n) is 6.95. The van der Waals surface area contributed by atoms with Gasteiger partial charge in [-0.25, -0.2) is 4.79 Å². The minimum atomic E-state index is -0.995. The van der Waals surface area contributed by atoms with Crippen molar-refractivity contribution in [1.29, 1.82) is 0 Å². The highest BCUT2D eigenvalue weighted by Gasteiger charge is 2.33. The number of rotatable bonds is 7. The molecule has 0 radical (unpaired) electrons. The van der Waals surface area contributed by atoms with Gasteiger partial charge in [-0.2, -0.15) is 0 Å². The molecule has 5 heteroatoms. The van der Waals surface area contributed by atoms with Crippen molar-refractivity contribution < 1.29 is 19.1 Å². The smallest absolute Gasteiger partial charge is 0.407 e. The second-order valence-corrected chi connectivity index (χ2v) is 6.95. The van der Waals surface area contributed by atoms with Gasteiger partial charge >= 0.3 is 6.09 Å². The lowest BCUT2D eigenvalue weighted by molar-refractivity contribution is -0.131. The summed E-state index contributed by atoms with van der Waals surface area (Å²) in [7, 11) is 0. The Balaban J connectivity index is 1.92. The van der Waals surface area contributed by atoms with Crippen molar-refractivity contribution in [2.24, 2.45) is 5.92 Å². The average Bonchev–Trinajstić information content (AvgIpc) is 2.71.